The quantitative estimate of drug-likeness (QED) is 0.349. The normalized spacial score (nSPS) is 14.0. The Bertz CT molecular complexity index is 21.6. The van der Waals surface area contributed by atoms with Gasteiger partial charge in [0.2, 0.25) is 4.86 Å². The molecule has 0 rings (SSSR count). The van der Waals surface area contributed by atoms with E-state index in [4.69, 9.17) is 7.57 Å². The van der Waals surface area contributed by atoms with Gasteiger partial charge in [-0.05, 0) is 0 Å². The fourth-order valence-corrected chi connectivity index (χ4v) is 0. The van der Waals surface area contributed by atoms with Crippen LogP contribution in [0.1, 0.15) is 0 Å². The molecule has 0 spiro atoms. The van der Waals surface area contributed by atoms with Crippen molar-refractivity contribution in [2.45, 2.75) is 0 Å². The molecule has 0 aromatic carbocycles. The molecule has 0 saturated heterocycles. The van der Waals surface area contributed by atoms with Crippen LogP contribution in [0.4, 0.5) is 0 Å². The predicted octanol–water partition coefficient (Wildman–Crippen LogP) is 1.31. The standard InChI is InChI=1S/B2H2IP2/c1-5(4)2-3/h4H2. The molecule has 0 saturated carbocycles. The molecule has 5 heteroatoms. The van der Waals surface area contributed by atoms with Gasteiger partial charge in [-0.15, -0.1) is 8.93 Å². The van der Waals surface area contributed by atoms with E-state index >= 15 is 0 Å². The van der Waals surface area contributed by atoms with E-state index in [1.165, 1.54) is 0 Å². The lowest BCUT2D eigenvalue weighted by atomic mass is 10.7. The van der Waals surface area contributed by atoms with Crippen molar-refractivity contribution in [2.75, 3.05) is 0 Å². The van der Waals surface area contributed by atoms with E-state index in [1.807, 2.05) is 4.86 Å². The van der Waals surface area contributed by atoms with Gasteiger partial charge >= 0.3 is 0 Å². The average Bonchev–Trinajstić information content (AvgIpc) is 1.38. The van der Waals surface area contributed by atoms with E-state index in [0.717, 1.165) is 0 Å². The first kappa shape index (κ1) is 6.72. The summed E-state index contributed by atoms with van der Waals surface area (Å²) in [6.45, 7) is 0. The minimum absolute atomic E-state index is 0.320. The molecule has 0 fully saturated rings. The lowest BCUT2D eigenvalue weighted by Gasteiger charge is -1.89. The summed E-state index contributed by atoms with van der Waals surface area (Å²) in [6, 6.07) is 0. The molecule has 0 aliphatic heterocycles. The fourth-order valence-electron chi connectivity index (χ4n) is 0. The maximum absolute atomic E-state index is 5.26. The van der Waals surface area contributed by atoms with Crippen LogP contribution >= 0.6 is 38.7 Å². The fraction of sp³-hybridized carbons (Fsp3) is 0. The molecule has 2 atom stereocenters. The van der Waals surface area contributed by atoms with Gasteiger partial charge in [-0.25, -0.2) is 0 Å². The van der Waals surface area contributed by atoms with Crippen molar-refractivity contribution >= 4 is 51.1 Å². The van der Waals surface area contributed by atoms with Crippen LogP contribution in [-0.4, -0.2) is 12.4 Å². The Kier molecular flexibility index (Phi) is 5.23. The van der Waals surface area contributed by atoms with Crippen LogP contribution in [0.5, 0.6) is 0 Å². The second kappa shape index (κ2) is 3.89. The highest BCUT2D eigenvalue weighted by molar-refractivity contribution is 14.1. The molecule has 0 aromatic rings. The van der Waals surface area contributed by atoms with Gasteiger partial charge in [-0.2, -0.15) is 29.7 Å². The van der Waals surface area contributed by atoms with Crippen LogP contribution < -0.4 is 0 Å². The van der Waals surface area contributed by atoms with E-state index < -0.39 is 0 Å². The van der Waals surface area contributed by atoms with Gasteiger partial charge in [0.05, 0.1) is 0 Å². The van der Waals surface area contributed by atoms with Crippen molar-refractivity contribution in [1.29, 1.82) is 0 Å². The summed E-state index contributed by atoms with van der Waals surface area (Å²) in [5.74, 6) is 0. The van der Waals surface area contributed by atoms with E-state index in [1.54, 1.807) is 0 Å². The molecule has 0 aliphatic rings. The number of hydrogen-bond donors (Lipinski definition) is 0. The minimum Gasteiger partial charge on any atom is -0.163 e. The maximum Gasteiger partial charge on any atom is 0.227 e. The van der Waals surface area contributed by atoms with E-state index in [2.05, 4.69) is 31.3 Å². The molecule has 0 bridgehead atoms. The topological polar surface area (TPSA) is 0 Å². The molecular weight excluding hydrogens is 210 g/mol. The monoisotopic (exact) mass is 213 g/mol. The molecule has 0 N–H and O–H groups in total. The van der Waals surface area contributed by atoms with Crippen LogP contribution in [0.25, 0.3) is 0 Å². The summed E-state index contributed by atoms with van der Waals surface area (Å²) in [6.07, 6.45) is 0. The average molecular weight is 212 g/mol. The molecule has 0 aromatic heterocycles. The van der Waals surface area contributed by atoms with Gasteiger partial charge in [0.1, 0.15) is 7.57 Å². The summed E-state index contributed by atoms with van der Waals surface area (Å²) in [5, 5.41) is 0. The van der Waals surface area contributed by atoms with E-state index in [0.29, 0.717) is 0 Å². The smallest absolute Gasteiger partial charge is 0.163 e. The summed E-state index contributed by atoms with van der Waals surface area (Å²) in [7, 11) is 7.45. The molecular formula is H2B2IP2. The molecule has 0 amide bonds. The Morgan fingerprint density at radius 2 is 2.20 bits per heavy atom. The van der Waals surface area contributed by atoms with Crippen molar-refractivity contribution in [3.8, 4) is 0 Å². The molecule has 5 heavy (non-hydrogen) atoms. The first-order valence-electron chi connectivity index (χ1n) is 0.993. The third kappa shape index (κ3) is 5.72. The van der Waals surface area contributed by atoms with Gasteiger partial charge in [-0.3, -0.25) is 0 Å². The molecule has 2 unspecified atom stereocenters. The van der Waals surface area contributed by atoms with Gasteiger partial charge < -0.3 is 0 Å². The second-order valence-corrected chi connectivity index (χ2v) is 5.09. The van der Waals surface area contributed by atoms with Crippen LogP contribution in [-0.2, 0) is 0 Å². The molecule has 0 aliphatic carbocycles. The summed E-state index contributed by atoms with van der Waals surface area (Å²) in [5.41, 5.74) is 0. The first-order valence-corrected chi connectivity index (χ1v) is 5.34. The lowest BCUT2D eigenvalue weighted by Crippen LogP contribution is -1.60. The van der Waals surface area contributed by atoms with Gasteiger partial charge in [0.15, 0.2) is 0 Å². The summed E-state index contributed by atoms with van der Waals surface area (Å²) < 4.78 is 0. The zero-order valence-corrected chi connectivity index (χ0v) is 6.76. The van der Waals surface area contributed by atoms with Crippen LogP contribution in [0.15, 0.2) is 0 Å². The third-order valence-electron chi connectivity index (χ3n) is 0.113. The highest BCUT2D eigenvalue weighted by atomic mass is 127. The maximum atomic E-state index is 5.26. The number of rotatable bonds is 1. The predicted molar refractivity (Wildman–Crippen MR) is 42.2 cm³/mol. The largest absolute Gasteiger partial charge is 0.227 e. The summed E-state index contributed by atoms with van der Waals surface area (Å²) >= 11 is 2.14. The molecule has 0 heterocycles. The van der Waals surface area contributed by atoms with Crippen molar-refractivity contribution in [3.05, 3.63) is 0 Å². The SMILES string of the molecule is [B]P(P)[B]I. The molecule has 25 valence electrons. The van der Waals surface area contributed by atoms with Crippen LogP contribution in [0.3, 0.4) is 0 Å². The number of hydrogen-bond acceptors (Lipinski definition) is 0. The summed E-state index contributed by atoms with van der Waals surface area (Å²) in [4.78, 5) is 1.94. The van der Waals surface area contributed by atoms with Gasteiger partial charge in [-0.1, -0.05) is 0 Å². The molecule has 3 radical (unpaired) electrons. The Balaban J connectivity index is 2.54. The Morgan fingerprint density at radius 3 is 2.20 bits per heavy atom. The lowest BCUT2D eigenvalue weighted by molar-refractivity contribution is 4.62. The second-order valence-electron chi connectivity index (χ2n) is 0.545. The zero-order valence-electron chi connectivity index (χ0n) is 2.56. The highest BCUT2D eigenvalue weighted by Crippen LogP contribution is 2.37. The van der Waals surface area contributed by atoms with Gasteiger partial charge in [0.25, 0.3) is 0 Å². The van der Waals surface area contributed by atoms with E-state index in [-0.39, 0.29) is 7.37 Å². The van der Waals surface area contributed by atoms with Gasteiger partial charge in [0, 0.05) is 0 Å². The van der Waals surface area contributed by atoms with Crippen LogP contribution in [0.2, 0.25) is 0 Å². The van der Waals surface area contributed by atoms with Crippen molar-refractivity contribution in [2.24, 2.45) is 0 Å². The third-order valence-corrected chi connectivity index (χ3v) is 4.54. The molecule has 0 nitrogen and oxygen atoms in total. The van der Waals surface area contributed by atoms with Crippen molar-refractivity contribution in [1.82, 2.24) is 0 Å². The Morgan fingerprint density at radius 1 is 2.00 bits per heavy atom. The van der Waals surface area contributed by atoms with Crippen molar-refractivity contribution in [3.63, 3.8) is 0 Å². The van der Waals surface area contributed by atoms with Crippen molar-refractivity contribution < 1.29 is 0 Å². The number of halogens is 1. The van der Waals surface area contributed by atoms with Crippen LogP contribution in [0, 0.1) is 0 Å². The Hall–Kier alpha value is 1.72. The van der Waals surface area contributed by atoms with E-state index in [9.17, 15) is 0 Å². The minimum atomic E-state index is -0.320. The Labute approximate surface area is 51.1 Å². The first-order chi connectivity index (χ1) is 2.27. The highest BCUT2D eigenvalue weighted by Gasteiger charge is 1.83. The zero-order chi connectivity index (χ0) is 4.28.